The van der Waals surface area contributed by atoms with Gasteiger partial charge in [0, 0.05) is 38.1 Å². The molecule has 3 fully saturated rings. The Morgan fingerprint density at radius 1 is 1.12 bits per heavy atom. The molecule has 2 aliphatic heterocycles. The minimum Gasteiger partial charge on any atom is -0.353 e. The van der Waals surface area contributed by atoms with Crippen molar-refractivity contribution in [2.24, 2.45) is 5.92 Å². The van der Waals surface area contributed by atoms with E-state index in [1.807, 2.05) is 0 Å². The number of nitrogens with zero attached hydrogens (tertiary/aromatic N) is 3. The van der Waals surface area contributed by atoms with E-state index in [1.165, 1.54) is 42.5 Å². The summed E-state index contributed by atoms with van der Waals surface area (Å²) in [6.45, 7) is 4.83. The van der Waals surface area contributed by atoms with Crippen LogP contribution in [0.25, 0.3) is 0 Å². The second-order valence-corrected chi connectivity index (χ2v) is 7.81. The highest BCUT2D eigenvalue weighted by Gasteiger charge is 2.37. The predicted octanol–water partition coefficient (Wildman–Crippen LogP) is 1.66. The van der Waals surface area contributed by atoms with E-state index >= 15 is 0 Å². The number of anilines is 1. The Balaban J connectivity index is 1.56. The van der Waals surface area contributed by atoms with E-state index in [9.17, 15) is 5.26 Å². The molecule has 126 valence electrons. The summed E-state index contributed by atoms with van der Waals surface area (Å²) in [7, 11) is 0. The van der Waals surface area contributed by atoms with Gasteiger partial charge in [-0.05, 0) is 55.7 Å². The van der Waals surface area contributed by atoms with Crippen LogP contribution in [0.3, 0.4) is 0 Å². The molecule has 24 heavy (non-hydrogen) atoms. The molecule has 1 aromatic heterocycles. The second kappa shape index (κ2) is 5.72. The molecule has 2 N–H and O–H groups in total. The van der Waals surface area contributed by atoms with Crippen LogP contribution in [-0.4, -0.2) is 37.2 Å². The van der Waals surface area contributed by atoms with Gasteiger partial charge in [0.05, 0.1) is 11.3 Å². The van der Waals surface area contributed by atoms with Gasteiger partial charge in [0.15, 0.2) is 0 Å². The van der Waals surface area contributed by atoms with Crippen molar-refractivity contribution in [2.45, 2.75) is 50.6 Å². The van der Waals surface area contributed by atoms with Crippen molar-refractivity contribution < 1.29 is 0 Å². The highest BCUT2D eigenvalue weighted by atomic mass is 15.2. The molecule has 0 unspecified atom stereocenters. The monoisotopic (exact) mass is 323 g/mol. The SMILES string of the molecule is N#Cc1c(N2CCN[C@H](C3CC3)C2)nc(C2CC2)c2c1CCNC2. The Hall–Kier alpha value is -1.64. The van der Waals surface area contributed by atoms with Crippen LogP contribution in [0.5, 0.6) is 0 Å². The standard InChI is InChI=1S/C19H25N5/c20-9-15-14-5-6-21-10-16(14)18(13-3-4-13)23-19(15)24-8-7-22-17(11-24)12-1-2-12/h12-13,17,21-22H,1-8,10-11H2/t17-/m0/s1. The van der Waals surface area contributed by atoms with E-state index < -0.39 is 0 Å². The lowest BCUT2D eigenvalue weighted by Crippen LogP contribution is -2.52. The smallest absolute Gasteiger partial charge is 0.147 e. The summed E-state index contributed by atoms with van der Waals surface area (Å²) >= 11 is 0. The normalized spacial score (nSPS) is 26.8. The molecule has 0 aromatic carbocycles. The highest BCUT2D eigenvalue weighted by Crippen LogP contribution is 2.44. The van der Waals surface area contributed by atoms with Gasteiger partial charge in [-0.15, -0.1) is 0 Å². The van der Waals surface area contributed by atoms with Crippen LogP contribution in [-0.2, 0) is 13.0 Å². The van der Waals surface area contributed by atoms with E-state index in [-0.39, 0.29) is 0 Å². The van der Waals surface area contributed by atoms with Crippen molar-refractivity contribution >= 4 is 5.82 Å². The van der Waals surface area contributed by atoms with Gasteiger partial charge in [-0.25, -0.2) is 4.98 Å². The Morgan fingerprint density at radius 2 is 2.00 bits per heavy atom. The summed E-state index contributed by atoms with van der Waals surface area (Å²) in [5, 5.41) is 17.0. The maximum atomic E-state index is 9.88. The average Bonchev–Trinajstić information content (AvgIpc) is 3.52. The number of fused-ring (bicyclic) bond motifs is 1. The second-order valence-electron chi connectivity index (χ2n) is 7.81. The van der Waals surface area contributed by atoms with Gasteiger partial charge in [0.1, 0.15) is 11.9 Å². The molecular formula is C19H25N5. The van der Waals surface area contributed by atoms with Crippen molar-refractivity contribution in [2.75, 3.05) is 31.1 Å². The van der Waals surface area contributed by atoms with Gasteiger partial charge in [0.2, 0.25) is 0 Å². The molecule has 0 radical (unpaired) electrons. The van der Waals surface area contributed by atoms with E-state index in [4.69, 9.17) is 4.98 Å². The summed E-state index contributed by atoms with van der Waals surface area (Å²) in [5.74, 6) is 2.45. The highest BCUT2D eigenvalue weighted by molar-refractivity contribution is 5.62. The molecule has 0 spiro atoms. The third-order valence-electron chi connectivity index (χ3n) is 6.05. The number of pyridine rings is 1. The molecule has 5 rings (SSSR count). The van der Waals surface area contributed by atoms with Gasteiger partial charge in [0.25, 0.3) is 0 Å². The van der Waals surface area contributed by atoms with Crippen LogP contribution in [0, 0.1) is 17.2 Å². The summed E-state index contributed by atoms with van der Waals surface area (Å²) in [5.41, 5.74) is 4.75. The maximum absolute atomic E-state index is 9.88. The van der Waals surface area contributed by atoms with Crippen LogP contribution >= 0.6 is 0 Å². The minimum absolute atomic E-state index is 0.578. The van der Waals surface area contributed by atoms with Crippen molar-refractivity contribution in [3.63, 3.8) is 0 Å². The molecule has 5 nitrogen and oxygen atoms in total. The molecular weight excluding hydrogens is 298 g/mol. The van der Waals surface area contributed by atoms with Crippen LogP contribution in [0.1, 0.15) is 54.0 Å². The number of nitrogens with one attached hydrogen (secondary N) is 2. The van der Waals surface area contributed by atoms with Gasteiger partial charge < -0.3 is 15.5 Å². The number of piperazine rings is 1. The first kappa shape index (κ1) is 14.7. The van der Waals surface area contributed by atoms with Crippen molar-refractivity contribution in [3.8, 4) is 6.07 Å². The minimum atomic E-state index is 0.578. The van der Waals surface area contributed by atoms with Crippen LogP contribution in [0.2, 0.25) is 0 Å². The van der Waals surface area contributed by atoms with E-state index in [2.05, 4.69) is 21.6 Å². The topological polar surface area (TPSA) is 64.0 Å². The third kappa shape index (κ3) is 2.49. The maximum Gasteiger partial charge on any atom is 0.147 e. The Bertz CT molecular complexity index is 699. The quantitative estimate of drug-likeness (QED) is 0.886. The van der Waals surface area contributed by atoms with Crippen molar-refractivity contribution in [1.82, 2.24) is 15.6 Å². The summed E-state index contributed by atoms with van der Waals surface area (Å²) in [6, 6.07) is 3.09. The average molecular weight is 323 g/mol. The Kier molecular flexibility index (Phi) is 3.50. The van der Waals surface area contributed by atoms with E-state index in [0.717, 1.165) is 56.4 Å². The van der Waals surface area contributed by atoms with Crippen molar-refractivity contribution in [1.29, 1.82) is 5.26 Å². The summed E-state index contributed by atoms with van der Waals surface area (Å²) in [6.07, 6.45) is 6.19. The zero-order valence-corrected chi connectivity index (χ0v) is 14.1. The lowest BCUT2D eigenvalue weighted by Gasteiger charge is -2.36. The number of rotatable bonds is 3. The molecule has 3 heterocycles. The number of hydrogen-bond acceptors (Lipinski definition) is 5. The molecule has 5 heteroatoms. The fourth-order valence-corrected chi connectivity index (χ4v) is 4.40. The Morgan fingerprint density at radius 3 is 2.75 bits per heavy atom. The summed E-state index contributed by atoms with van der Waals surface area (Å²) in [4.78, 5) is 7.49. The number of nitriles is 1. The van der Waals surface area contributed by atoms with Gasteiger partial charge >= 0.3 is 0 Å². The number of aromatic nitrogens is 1. The molecule has 1 atom stereocenters. The first-order valence-corrected chi connectivity index (χ1v) is 9.50. The zero-order chi connectivity index (χ0) is 16.1. The molecule has 0 bridgehead atoms. The van der Waals surface area contributed by atoms with Gasteiger partial charge in [-0.1, -0.05) is 0 Å². The zero-order valence-electron chi connectivity index (χ0n) is 14.1. The Labute approximate surface area is 143 Å². The molecule has 1 aromatic rings. The van der Waals surface area contributed by atoms with Gasteiger partial charge in [-0.3, -0.25) is 0 Å². The predicted molar refractivity (Wildman–Crippen MR) is 93.1 cm³/mol. The van der Waals surface area contributed by atoms with E-state index in [1.54, 1.807) is 0 Å². The largest absolute Gasteiger partial charge is 0.353 e. The van der Waals surface area contributed by atoms with Gasteiger partial charge in [-0.2, -0.15) is 5.26 Å². The van der Waals surface area contributed by atoms with E-state index in [0.29, 0.717) is 12.0 Å². The lowest BCUT2D eigenvalue weighted by atomic mass is 9.93. The lowest BCUT2D eigenvalue weighted by molar-refractivity contribution is 0.416. The molecule has 0 amide bonds. The summed E-state index contributed by atoms with van der Waals surface area (Å²) < 4.78 is 0. The molecule has 1 saturated heterocycles. The number of hydrogen-bond donors (Lipinski definition) is 2. The van der Waals surface area contributed by atoms with Crippen LogP contribution in [0.15, 0.2) is 0 Å². The third-order valence-corrected chi connectivity index (χ3v) is 6.05. The molecule has 2 aliphatic carbocycles. The van der Waals surface area contributed by atoms with Crippen LogP contribution < -0.4 is 15.5 Å². The fourth-order valence-electron chi connectivity index (χ4n) is 4.40. The first-order valence-electron chi connectivity index (χ1n) is 9.50. The fraction of sp³-hybridized carbons (Fsp3) is 0.684. The van der Waals surface area contributed by atoms with Crippen molar-refractivity contribution in [3.05, 3.63) is 22.4 Å². The first-order chi connectivity index (χ1) is 11.8. The van der Waals surface area contributed by atoms with Crippen LogP contribution in [0.4, 0.5) is 5.82 Å². The molecule has 4 aliphatic rings. The molecule has 2 saturated carbocycles.